The van der Waals surface area contributed by atoms with Gasteiger partial charge in [-0.1, -0.05) is 0 Å². The number of morpholine rings is 1. The topological polar surface area (TPSA) is 79.8 Å². The summed E-state index contributed by atoms with van der Waals surface area (Å²) in [5, 5.41) is 15.3. The lowest BCUT2D eigenvalue weighted by Crippen LogP contribution is -2.41. The van der Waals surface area contributed by atoms with Crippen LogP contribution in [0.5, 0.6) is 0 Å². The smallest absolute Gasteiger partial charge is 0.222 e. The van der Waals surface area contributed by atoms with Crippen molar-refractivity contribution in [2.45, 2.75) is 25.0 Å². The van der Waals surface area contributed by atoms with Gasteiger partial charge >= 0.3 is 0 Å². The number of carbonyl (C=O) groups excluding carboxylic acids is 1. The van der Waals surface area contributed by atoms with Gasteiger partial charge in [-0.15, -0.1) is 0 Å². The number of hydrogen-bond donors (Lipinski definition) is 3. The highest BCUT2D eigenvalue weighted by molar-refractivity contribution is 5.76. The maximum atomic E-state index is 11.5. The van der Waals surface area contributed by atoms with E-state index in [1.165, 1.54) is 7.11 Å². The van der Waals surface area contributed by atoms with Crippen LogP contribution in [0.1, 0.15) is 12.8 Å². The SMILES string of the molecule is COCC(O)CCNC(=O)CC1CNCCO1. The largest absolute Gasteiger partial charge is 0.391 e. The van der Waals surface area contributed by atoms with E-state index in [4.69, 9.17) is 9.47 Å². The van der Waals surface area contributed by atoms with Gasteiger partial charge < -0.3 is 25.2 Å². The highest BCUT2D eigenvalue weighted by Crippen LogP contribution is 2.01. The van der Waals surface area contributed by atoms with Gasteiger partial charge in [0.2, 0.25) is 5.91 Å². The number of ether oxygens (including phenoxy) is 2. The first kappa shape index (κ1) is 14.4. The minimum atomic E-state index is -0.520. The molecule has 0 spiro atoms. The molecule has 1 aliphatic heterocycles. The van der Waals surface area contributed by atoms with Gasteiger partial charge in [-0.25, -0.2) is 0 Å². The van der Waals surface area contributed by atoms with Crippen LogP contribution in [0.25, 0.3) is 0 Å². The van der Waals surface area contributed by atoms with Gasteiger partial charge in [-0.2, -0.15) is 0 Å². The second kappa shape index (κ2) is 8.41. The fourth-order valence-corrected chi connectivity index (χ4v) is 1.68. The molecule has 0 aromatic rings. The number of aliphatic hydroxyl groups excluding tert-OH is 1. The van der Waals surface area contributed by atoms with E-state index in [1.54, 1.807) is 0 Å². The number of hydrogen-bond acceptors (Lipinski definition) is 5. The van der Waals surface area contributed by atoms with E-state index < -0.39 is 6.10 Å². The Morgan fingerprint density at radius 1 is 1.71 bits per heavy atom. The molecule has 0 bridgehead atoms. The maximum absolute atomic E-state index is 11.5. The van der Waals surface area contributed by atoms with E-state index in [-0.39, 0.29) is 12.0 Å². The van der Waals surface area contributed by atoms with Crippen LogP contribution in [0.4, 0.5) is 0 Å². The molecule has 100 valence electrons. The van der Waals surface area contributed by atoms with E-state index >= 15 is 0 Å². The molecule has 2 atom stereocenters. The Morgan fingerprint density at radius 2 is 2.53 bits per heavy atom. The van der Waals surface area contributed by atoms with Crippen LogP contribution in [0.3, 0.4) is 0 Å². The molecule has 6 nitrogen and oxygen atoms in total. The van der Waals surface area contributed by atoms with Gasteiger partial charge in [0.1, 0.15) is 0 Å². The van der Waals surface area contributed by atoms with E-state index in [0.29, 0.717) is 32.6 Å². The van der Waals surface area contributed by atoms with Crippen molar-refractivity contribution in [1.82, 2.24) is 10.6 Å². The number of nitrogens with one attached hydrogen (secondary N) is 2. The molecule has 0 saturated carbocycles. The summed E-state index contributed by atoms with van der Waals surface area (Å²) in [7, 11) is 1.54. The Hall–Kier alpha value is -0.690. The van der Waals surface area contributed by atoms with Gasteiger partial charge in [0.05, 0.1) is 31.8 Å². The lowest BCUT2D eigenvalue weighted by atomic mass is 10.2. The fourth-order valence-electron chi connectivity index (χ4n) is 1.68. The third kappa shape index (κ3) is 6.58. The quantitative estimate of drug-likeness (QED) is 0.530. The van der Waals surface area contributed by atoms with Crippen LogP contribution in [0.15, 0.2) is 0 Å². The molecule has 6 heteroatoms. The van der Waals surface area contributed by atoms with Crippen molar-refractivity contribution < 1.29 is 19.4 Å². The number of amides is 1. The zero-order valence-corrected chi connectivity index (χ0v) is 10.3. The minimum Gasteiger partial charge on any atom is -0.391 e. The Bertz CT molecular complexity index is 220. The van der Waals surface area contributed by atoms with Crippen LogP contribution in [0.2, 0.25) is 0 Å². The van der Waals surface area contributed by atoms with Gasteiger partial charge in [0.25, 0.3) is 0 Å². The first-order valence-electron chi connectivity index (χ1n) is 5.98. The van der Waals surface area contributed by atoms with Crippen LogP contribution in [-0.4, -0.2) is 63.2 Å². The Labute approximate surface area is 102 Å². The highest BCUT2D eigenvalue weighted by Gasteiger charge is 2.17. The standard InChI is InChI=1S/C11H22N2O4/c1-16-8-9(14)2-3-13-11(15)6-10-7-12-4-5-17-10/h9-10,12,14H,2-8H2,1H3,(H,13,15). The number of carbonyl (C=O) groups is 1. The lowest BCUT2D eigenvalue weighted by molar-refractivity contribution is -0.124. The van der Waals surface area contributed by atoms with Crippen molar-refractivity contribution in [3.63, 3.8) is 0 Å². The normalized spacial score (nSPS) is 22.1. The summed E-state index contributed by atoms with van der Waals surface area (Å²) in [6.45, 7) is 2.99. The summed E-state index contributed by atoms with van der Waals surface area (Å²) < 4.78 is 10.2. The molecule has 0 radical (unpaired) electrons. The molecule has 0 aromatic heterocycles. The second-order valence-corrected chi connectivity index (χ2v) is 4.15. The second-order valence-electron chi connectivity index (χ2n) is 4.15. The lowest BCUT2D eigenvalue weighted by Gasteiger charge is -2.23. The van der Waals surface area contributed by atoms with E-state index in [2.05, 4.69) is 10.6 Å². The summed E-state index contributed by atoms with van der Waals surface area (Å²) in [5.74, 6) is -0.0386. The van der Waals surface area contributed by atoms with Crippen LogP contribution < -0.4 is 10.6 Å². The van der Waals surface area contributed by atoms with Gasteiger partial charge in [0.15, 0.2) is 0 Å². The van der Waals surface area contributed by atoms with Crippen molar-refractivity contribution in [2.24, 2.45) is 0 Å². The van der Waals surface area contributed by atoms with E-state index in [1.807, 2.05) is 0 Å². The Kier molecular flexibility index (Phi) is 7.11. The fraction of sp³-hybridized carbons (Fsp3) is 0.909. The summed E-state index contributed by atoms with van der Waals surface area (Å²) in [6, 6.07) is 0. The molecule has 1 rings (SSSR count). The summed E-state index contributed by atoms with van der Waals surface area (Å²) in [5.41, 5.74) is 0. The van der Waals surface area contributed by atoms with Crippen LogP contribution in [-0.2, 0) is 14.3 Å². The molecule has 3 N–H and O–H groups in total. The van der Waals surface area contributed by atoms with Crippen molar-refractivity contribution in [1.29, 1.82) is 0 Å². The zero-order valence-electron chi connectivity index (χ0n) is 10.3. The predicted octanol–water partition coefficient (Wildman–Crippen LogP) is -1.12. The number of aliphatic hydroxyl groups is 1. The van der Waals surface area contributed by atoms with Crippen molar-refractivity contribution >= 4 is 5.91 Å². The van der Waals surface area contributed by atoms with Crippen molar-refractivity contribution in [3.05, 3.63) is 0 Å². The number of rotatable bonds is 7. The van der Waals surface area contributed by atoms with Gasteiger partial charge in [-0.3, -0.25) is 4.79 Å². The van der Waals surface area contributed by atoms with Crippen LogP contribution >= 0.6 is 0 Å². The average molecular weight is 246 g/mol. The molecule has 17 heavy (non-hydrogen) atoms. The van der Waals surface area contributed by atoms with E-state index in [0.717, 1.165) is 13.1 Å². The molecule has 1 heterocycles. The number of methoxy groups -OCH3 is 1. The predicted molar refractivity (Wildman–Crippen MR) is 62.7 cm³/mol. The molecule has 1 fully saturated rings. The molecule has 0 aromatic carbocycles. The van der Waals surface area contributed by atoms with Crippen molar-refractivity contribution in [2.75, 3.05) is 40.0 Å². The molecular weight excluding hydrogens is 224 g/mol. The summed E-state index contributed by atoms with van der Waals surface area (Å²) in [6.07, 6.45) is 0.317. The first-order valence-corrected chi connectivity index (χ1v) is 5.98. The molecule has 1 saturated heterocycles. The monoisotopic (exact) mass is 246 g/mol. The van der Waals surface area contributed by atoms with Gasteiger partial charge in [-0.05, 0) is 6.42 Å². The first-order chi connectivity index (χ1) is 8.22. The maximum Gasteiger partial charge on any atom is 0.222 e. The minimum absolute atomic E-state index is 0.0346. The molecule has 0 aliphatic carbocycles. The summed E-state index contributed by atoms with van der Waals surface area (Å²) in [4.78, 5) is 11.5. The Balaban J connectivity index is 2.04. The third-order valence-electron chi connectivity index (χ3n) is 2.58. The summed E-state index contributed by atoms with van der Waals surface area (Å²) >= 11 is 0. The average Bonchev–Trinajstić information content (AvgIpc) is 2.30. The van der Waals surface area contributed by atoms with Crippen LogP contribution in [0, 0.1) is 0 Å². The molecule has 1 amide bonds. The Morgan fingerprint density at radius 3 is 3.18 bits per heavy atom. The van der Waals surface area contributed by atoms with Gasteiger partial charge in [0, 0.05) is 26.7 Å². The van der Waals surface area contributed by atoms with Crippen molar-refractivity contribution in [3.8, 4) is 0 Å². The molecular formula is C11H22N2O4. The third-order valence-corrected chi connectivity index (χ3v) is 2.58. The molecule has 2 unspecified atom stereocenters. The zero-order chi connectivity index (χ0) is 12.5. The highest BCUT2D eigenvalue weighted by atomic mass is 16.5. The van der Waals surface area contributed by atoms with E-state index in [9.17, 15) is 9.90 Å². The molecule has 1 aliphatic rings.